The molecule has 0 aromatic heterocycles. The Kier molecular flexibility index (Phi) is 6.44. The molecule has 0 bridgehead atoms. The van der Waals surface area contributed by atoms with Gasteiger partial charge < -0.3 is 15.4 Å². The predicted molar refractivity (Wildman–Crippen MR) is 99.8 cm³/mol. The van der Waals surface area contributed by atoms with Crippen LogP contribution in [-0.2, 0) is 11.2 Å². The molecule has 0 fully saturated rings. The summed E-state index contributed by atoms with van der Waals surface area (Å²) in [7, 11) is 1.49. The van der Waals surface area contributed by atoms with Gasteiger partial charge in [0.25, 0.3) is 5.91 Å². The lowest BCUT2D eigenvalue weighted by molar-refractivity contribution is -0.112. The fourth-order valence-corrected chi connectivity index (χ4v) is 2.41. The van der Waals surface area contributed by atoms with Crippen molar-refractivity contribution in [1.29, 1.82) is 5.26 Å². The number of carbonyl (C=O) groups excluding carboxylic acids is 1. The smallest absolute Gasteiger partial charge is 0.267 e. The second kappa shape index (κ2) is 8.76. The summed E-state index contributed by atoms with van der Waals surface area (Å²) in [5.74, 6) is -0.0936. The molecule has 25 heavy (non-hydrogen) atoms. The highest BCUT2D eigenvalue weighted by atomic mass is 35.5. The molecule has 0 radical (unpaired) electrons. The van der Waals surface area contributed by atoms with E-state index in [1.54, 1.807) is 18.2 Å². The molecule has 0 atom stereocenters. The molecule has 0 aliphatic carbocycles. The van der Waals surface area contributed by atoms with Gasteiger partial charge in [-0.2, -0.15) is 5.26 Å². The van der Waals surface area contributed by atoms with Crippen LogP contribution in [0.4, 0.5) is 11.4 Å². The van der Waals surface area contributed by atoms with Crippen LogP contribution in [0.25, 0.3) is 0 Å². The Morgan fingerprint density at radius 1 is 1.28 bits per heavy atom. The Hall–Kier alpha value is -2.97. The molecule has 2 aromatic rings. The number of halogens is 1. The van der Waals surface area contributed by atoms with E-state index in [4.69, 9.17) is 16.3 Å². The van der Waals surface area contributed by atoms with E-state index >= 15 is 0 Å². The van der Waals surface area contributed by atoms with E-state index in [0.29, 0.717) is 16.5 Å². The summed E-state index contributed by atoms with van der Waals surface area (Å²) in [4.78, 5) is 12.4. The fraction of sp³-hybridized carbons (Fsp3) is 0.158. The minimum atomic E-state index is -0.551. The molecular formula is C19H18ClN3O2. The zero-order valence-electron chi connectivity index (χ0n) is 14.0. The van der Waals surface area contributed by atoms with E-state index < -0.39 is 5.91 Å². The summed E-state index contributed by atoms with van der Waals surface area (Å²) in [5, 5.41) is 15.4. The van der Waals surface area contributed by atoms with Crippen molar-refractivity contribution in [2.45, 2.75) is 13.3 Å². The zero-order chi connectivity index (χ0) is 18.2. The highest BCUT2D eigenvalue weighted by Gasteiger charge is 2.13. The van der Waals surface area contributed by atoms with Crippen molar-refractivity contribution in [3.63, 3.8) is 0 Å². The standard InChI is InChI=1S/C19H18ClN3O2/c1-3-13-6-4-5-7-16(13)22-12-14(11-21)19(24)23-17-10-15(20)8-9-18(17)25-2/h4-10,12,22H,3H2,1-2H3,(H,23,24)/b14-12-. The van der Waals surface area contributed by atoms with Gasteiger partial charge in [-0.25, -0.2) is 0 Å². The predicted octanol–water partition coefficient (Wildman–Crippen LogP) is 4.37. The monoisotopic (exact) mass is 355 g/mol. The normalized spacial score (nSPS) is 10.7. The number of amides is 1. The molecule has 2 rings (SSSR count). The summed E-state index contributed by atoms with van der Waals surface area (Å²) < 4.78 is 5.18. The van der Waals surface area contributed by atoms with Crippen LogP contribution in [0.5, 0.6) is 5.75 Å². The summed E-state index contributed by atoms with van der Waals surface area (Å²) in [6.45, 7) is 2.04. The van der Waals surface area contributed by atoms with Gasteiger partial charge in [-0.05, 0) is 36.2 Å². The Balaban J connectivity index is 2.19. The van der Waals surface area contributed by atoms with Crippen LogP contribution in [0.2, 0.25) is 5.02 Å². The average molecular weight is 356 g/mol. The number of hydrogen-bond acceptors (Lipinski definition) is 4. The minimum Gasteiger partial charge on any atom is -0.495 e. The molecule has 2 N–H and O–H groups in total. The van der Waals surface area contributed by atoms with Crippen molar-refractivity contribution in [2.75, 3.05) is 17.7 Å². The maximum Gasteiger partial charge on any atom is 0.267 e. The topological polar surface area (TPSA) is 74.2 Å². The third-order valence-electron chi connectivity index (χ3n) is 3.55. The highest BCUT2D eigenvalue weighted by molar-refractivity contribution is 6.31. The summed E-state index contributed by atoms with van der Waals surface area (Å²) in [5.41, 5.74) is 2.28. The second-order valence-corrected chi connectivity index (χ2v) is 5.56. The van der Waals surface area contributed by atoms with Crippen LogP contribution in [-0.4, -0.2) is 13.0 Å². The van der Waals surface area contributed by atoms with Crippen molar-refractivity contribution in [3.05, 3.63) is 64.8 Å². The minimum absolute atomic E-state index is 0.0621. The molecule has 128 valence electrons. The molecule has 0 aliphatic heterocycles. The van der Waals surface area contributed by atoms with E-state index in [0.717, 1.165) is 17.7 Å². The first-order chi connectivity index (χ1) is 12.1. The first-order valence-electron chi connectivity index (χ1n) is 7.68. The quantitative estimate of drug-likeness (QED) is 0.596. The van der Waals surface area contributed by atoms with Crippen LogP contribution in [0.3, 0.4) is 0 Å². The number of anilines is 2. The number of methoxy groups -OCH3 is 1. The van der Waals surface area contributed by atoms with Crippen LogP contribution in [0, 0.1) is 11.3 Å². The first kappa shape index (κ1) is 18.4. The Labute approximate surface area is 151 Å². The SMILES string of the molecule is CCc1ccccc1N/C=C(/C#N)C(=O)Nc1cc(Cl)ccc1OC. The number of benzene rings is 2. The van der Waals surface area contributed by atoms with Crippen LogP contribution in [0.1, 0.15) is 12.5 Å². The third-order valence-corrected chi connectivity index (χ3v) is 3.78. The molecule has 0 aliphatic rings. The molecule has 0 saturated carbocycles. The van der Waals surface area contributed by atoms with Crippen molar-refractivity contribution in [1.82, 2.24) is 0 Å². The van der Waals surface area contributed by atoms with Gasteiger partial charge in [0.15, 0.2) is 0 Å². The number of nitrogens with zero attached hydrogens (tertiary/aromatic N) is 1. The van der Waals surface area contributed by atoms with Gasteiger partial charge in [-0.3, -0.25) is 4.79 Å². The molecule has 0 unspecified atom stereocenters. The largest absolute Gasteiger partial charge is 0.495 e. The van der Waals surface area contributed by atoms with E-state index in [-0.39, 0.29) is 5.57 Å². The molecule has 1 amide bonds. The van der Waals surface area contributed by atoms with Crippen molar-refractivity contribution in [2.24, 2.45) is 0 Å². The Morgan fingerprint density at radius 3 is 2.72 bits per heavy atom. The van der Waals surface area contributed by atoms with Gasteiger partial charge >= 0.3 is 0 Å². The fourth-order valence-electron chi connectivity index (χ4n) is 2.24. The number of ether oxygens (including phenoxy) is 1. The van der Waals surface area contributed by atoms with E-state index in [9.17, 15) is 10.1 Å². The molecule has 0 spiro atoms. The summed E-state index contributed by atoms with van der Waals surface area (Å²) in [6, 6.07) is 14.5. The lowest BCUT2D eigenvalue weighted by Gasteiger charge is -2.11. The maximum absolute atomic E-state index is 12.4. The number of nitriles is 1. The summed E-state index contributed by atoms with van der Waals surface area (Å²) in [6.07, 6.45) is 2.23. The Morgan fingerprint density at radius 2 is 2.04 bits per heavy atom. The molecule has 0 heterocycles. The first-order valence-corrected chi connectivity index (χ1v) is 8.06. The number of para-hydroxylation sites is 1. The number of aryl methyl sites for hydroxylation is 1. The van der Waals surface area contributed by atoms with Crippen molar-refractivity contribution in [3.8, 4) is 11.8 Å². The van der Waals surface area contributed by atoms with Crippen LogP contribution < -0.4 is 15.4 Å². The highest BCUT2D eigenvalue weighted by Crippen LogP contribution is 2.28. The molecule has 6 heteroatoms. The maximum atomic E-state index is 12.4. The van der Waals surface area contributed by atoms with Gasteiger partial charge in [0, 0.05) is 16.9 Å². The molecular weight excluding hydrogens is 338 g/mol. The van der Waals surface area contributed by atoms with E-state index in [1.807, 2.05) is 37.3 Å². The second-order valence-electron chi connectivity index (χ2n) is 5.12. The number of carbonyl (C=O) groups is 1. The Bertz CT molecular complexity index is 841. The average Bonchev–Trinajstić information content (AvgIpc) is 2.62. The van der Waals surface area contributed by atoms with Crippen molar-refractivity contribution >= 4 is 28.9 Å². The lowest BCUT2D eigenvalue weighted by Crippen LogP contribution is -2.15. The molecule has 2 aromatic carbocycles. The summed E-state index contributed by atoms with van der Waals surface area (Å²) >= 11 is 5.95. The van der Waals surface area contributed by atoms with E-state index in [1.165, 1.54) is 13.3 Å². The zero-order valence-corrected chi connectivity index (χ0v) is 14.7. The van der Waals surface area contributed by atoms with Gasteiger partial charge in [-0.1, -0.05) is 36.7 Å². The van der Waals surface area contributed by atoms with Crippen molar-refractivity contribution < 1.29 is 9.53 Å². The third kappa shape index (κ3) is 4.75. The van der Waals surface area contributed by atoms with Gasteiger partial charge in [0.1, 0.15) is 17.4 Å². The van der Waals surface area contributed by atoms with Gasteiger partial charge in [0.05, 0.1) is 12.8 Å². The van der Waals surface area contributed by atoms with Gasteiger partial charge in [-0.15, -0.1) is 0 Å². The van der Waals surface area contributed by atoms with E-state index in [2.05, 4.69) is 10.6 Å². The lowest BCUT2D eigenvalue weighted by atomic mass is 10.1. The van der Waals surface area contributed by atoms with Gasteiger partial charge in [0.2, 0.25) is 0 Å². The number of nitrogens with one attached hydrogen (secondary N) is 2. The number of hydrogen-bond donors (Lipinski definition) is 2. The molecule has 5 nitrogen and oxygen atoms in total. The molecule has 0 saturated heterocycles. The number of rotatable bonds is 6. The van der Waals surface area contributed by atoms with Crippen LogP contribution in [0.15, 0.2) is 54.2 Å². The van der Waals surface area contributed by atoms with Crippen LogP contribution >= 0.6 is 11.6 Å².